The van der Waals surface area contributed by atoms with Gasteiger partial charge in [-0.05, 0) is 0 Å². The second-order valence-corrected chi connectivity index (χ2v) is 4.65. The molecule has 1 aromatic heterocycles. The van der Waals surface area contributed by atoms with Crippen LogP contribution in [0, 0.1) is 10.1 Å². The highest BCUT2D eigenvalue weighted by Crippen LogP contribution is 2.30. The normalized spacial score (nSPS) is 27.9. The van der Waals surface area contributed by atoms with E-state index in [1.807, 2.05) is 4.98 Å². The first-order chi connectivity index (χ1) is 10.4. The molecule has 11 heteroatoms. The van der Waals surface area contributed by atoms with Crippen LogP contribution >= 0.6 is 0 Å². The van der Waals surface area contributed by atoms with Crippen LogP contribution in [0.25, 0.3) is 0 Å². The van der Waals surface area contributed by atoms with Gasteiger partial charge in [-0.2, -0.15) is 0 Å². The minimum atomic E-state index is -1.34. The summed E-state index contributed by atoms with van der Waals surface area (Å²) in [5, 5.41) is 29.7. The maximum Gasteiger partial charge on any atom is 0.330 e. The predicted octanol–water partition coefficient (Wildman–Crippen LogP) is -2.55. The van der Waals surface area contributed by atoms with Crippen molar-refractivity contribution >= 4 is 0 Å². The molecule has 0 amide bonds. The number of rotatable bonds is 6. The average molecular weight is 317 g/mol. The number of H-pyrrole nitrogens is 1. The Morgan fingerprint density at radius 1 is 1.50 bits per heavy atom. The molecule has 0 aliphatic carbocycles. The molecule has 1 unspecified atom stereocenters. The van der Waals surface area contributed by atoms with Crippen LogP contribution in [0.4, 0.5) is 0 Å². The summed E-state index contributed by atoms with van der Waals surface area (Å²) < 4.78 is 11.5. The van der Waals surface area contributed by atoms with Crippen LogP contribution in [-0.4, -0.2) is 62.8 Å². The maximum atomic E-state index is 11.7. The summed E-state index contributed by atoms with van der Waals surface area (Å²) in [5.74, 6) is 0. The van der Waals surface area contributed by atoms with Gasteiger partial charge in [0, 0.05) is 17.2 Å². The largest absolute Gasteiger partial charge is 0.394 e. The van der Waals surface area contributed by atoms with Crippen LogP contribution in [0.3, 0.4) is 0 Å². The van der Waals surface area contributed by atoms with Crippen LogP contribution in [0.15, 0.2) is 21.9 Å². The van der Waals surface area contributed by atoms with Gasteiger partial charge in [-0.15, -0.1) is 0 Å². The smallest absolute Gasteiger partial charge is 0.330 e. The predicted molar refractivity (Wildman–Crippen MR) is 69.9 cm³/mol. The van der Waals surface area contributed by atoms with Crippen molar-refractivity contribution in [2.75, 3.05) is 19.8 Å². The fraction of sp³-hybridized carbons (Fsp3) is 0.636. The third-order valence-electron chi connectivity index (χ3n) is 3.20. The Balaban J connectivity index is 2.16. The zero-order valence-corrected chi connectivity index (χ0v) is 11.3. The molecule has 11 nitrogen and oxygen atoms in total. The Morgan fingerprint density at radius 3 is 2.82 bits per heavy atom. The Labute approximate surface area is 122 Å². The van der Waals surface area contributed by atoms with Crippen molar-refractivity contribution in [1.82, 2.24) is 9.55 Å². The molecule has 1 saturated heterocycles. The van der Waals surface area contributed by atoms with Crippen molar-refractivity contribution in [1.29, 1.82) is 0 Å². The monoisotopic (exact) mass is 317 g/mol. The van der Waals surface area contributed by atoms with Gasteiger partial charge in [0.25, 0.3) is 5.56 Å². The van der Waals surface area contributed by atoms with Gasteiger partial charge in [0.05, 0.1) is 6.61 Å². The molecule has 4 atom stereocenters. The second-order valence-electron chi connectivity index (χ2n) is 4.65. The number of hydrogen-bond donors (Lipinski definition) is 3. The molecule has 0 bridgehead atoms. The molecule has 1 aliphatic rings. The van der Waals surface area contributed by atoms with Gasteiger partial charge in [-0.1, -0.05) is 0 Å². The SMILES string of the molecule is O=c1ccn([C@@H]2O[C@H](CO)[C@H](OCC[N+](=O)[O-])C2O)c(=O)[nH]1. The van der Waals surface area contributed by atoms with Gasteiger partial charge in [0.15, 0.2) is 6.23 Å². The number of hydrogen-bond acceptors (Lipinski definition) is 8. The highest BCUT2D eigenvalue weighted by atomic mass is 16.6. The minimum Gasteiger partial charge on any atom is -0.394 e. The number of aromatic nitrogens is 2. The molecule has 0 radical (unpaired) electrons. The van der Waals surface area contributed by atoms with Gasteiger partial charge >= 0.3 is 5.69 Å². The van der Waals surface area contributed by atoms with Crippen molar-refractivity contribution < 1.29 is 24.6 Å². The minimum absolute atomic E-state index is 0.276. The molecule has 122 valence electrons. The van der Waals surface area contributed by atoms with Crippen molar-refractivity contribution in [2.24, 2.45) is 0 Å². The zero-order chi connectivity index (χ0) is 16.3. The lowest BCUT2D eigenvalue weighted by atomic mass is 10.1. The van der Waals surface area contributed by atoms with E-state index in [9.17, 15) is 29.9 Å². The van der Waals surface area contributed by atoms with Crippen molar-refractivity contribution in [3.8, 4) is 0 Å². The van der Waals surface area contributed by atoms with Crippen molar-refractivity contribution in [3.63, 3.8) is 0 Å². The van der Waals surface area contributed by atoms with Gasteiger partial charge in [-0.3, -0.25) is 24.5 Å². The van der Waals surface area contributed by atoms with E-state index in [1.165, 1.54) is 0 Å². The number of nitro groups is 1. The van der Waals surface area contributed by atoms with E-state index in [-0.39, 0.29) is 6.61 Å². The highest BCUT2D eigenvalue weighted by Gasteiger charge is 2.45. The summed E-state index contributed by atoms with van der Waals surface area (Å²) in [7, 11) is 0. The lowest BCUT2D eigenvalue weighted by molar-refractivity contribution is -0.484. The Morgan fingerprint density at radius 2 is 2.23 bits per heavy atom. The molecule has 0 spiro atoms. The molecule has 2 rings (SSSR count). The first kappa shape index (κ1) is 16.3. The molecular weight excluding hydrogens is 302 g/mol. The summed E-state index contributed by atoms with van der Waals surface area (Å²) >= 11 is 0. The molecule has 1 aliphatic heterocycles. The van der Waals surface area contributed by atoms with E-state index < -0.39 is 53.9 Å². The van der Waals surface area contributed by atoms with E-state index >= 15 is 0 Å². The van der Waals surface area contributed by atoms with Gasteiger partial charge in [-0.25, -0.2) is 4.79 Å². The van der Waals surface area contributed by atoms with Crippen LogP contribution in [0.2, 0.25) is 0 Å². The Bertz CT molecular complexity index is 641. The molecule has 1 aromatic rings. The van der Waals surface area contributed by atoms with Gasteiger partial charge in [0.2, 0.25) is 6.54 Å². The van der Waals surface area contributed by atoms with Crippen molar-refractivity contribution in [2.45, 2.75) is 24.5 Å². The summed E-state index contributed by atoms with van der Waals surface area (Å²) in [5.41, 5.74) is -1.40. The van der Waals surface area contributed by atoms with Crippen LogP contribution in [0.5, 0.6) is 0 Å². The Kier molecular flexibility index (Phi) is 5.03. The van der Waals surface area contributed by atoms with E-state index in [0.29, 0.717) is 0 Å². The number of aliphatic hydroxyl groups is 2. The lowest BCUT2D eigenvalue weighted by Crippen LogP contribution is -2.39. The topological polar surface area (TPSA) is 157 Å². The highest BCUT2D eigenvalue weighted by molar-refractivity contribution is 4.93. The molecule has 22 heavy (non-hydrogen) atoms. The summed E-state index contributed by atoms with van der Waals surface area (Å²) in [6, 6.07) is 1.08. The first-order valence-electron chi connectivity index (χ1n) is 6.43. The fourth-order valence-corrected chi connectivity index (χ4v) is 2.19. The molecule has 1 fully saturated rings. The molecular formula is C11H15N3O8. The summed E-state index contributed by atoms with van der Waals surface area (Å²) in [6.45, 7) is -1.25. The number of aliphatic hydroxyl groups excluding tert-OH is 2. The molecule has 0 aromatic carbocycles. The van der Waals surface area contributed by atoms with Gasteiger partial charge < -0.3 is 19.7 Å². The van der Waals surface area contributed by atoms with E-state index in [1.54, 1.807) is 0 Å². The molecule has 3 N–H and O–H groups in total. The third kappa shape index (κ3) is 3.39. The first-order valence-corrected chi connectivity index (χ1v) is 6.43. The van der Waals surface area contributed by atoms with Crippen LogP contribution in [0.1, 0.15) is 6.23 Å². The van der Waals surface area contributed by atoms with Crippen LogP contribution in [-0.2, 0) is 9.47 Å². The summed E-state index contributed by atoms with van der Waals surface area (Å²) in [4.78, 5) is 34.4. The maximum absolute atomic E-state index is 11.7. The number of aromatic amines is 1. The van der Waals surface area contributed by atoms with Crippen molar-refractivity contribution in [3.05, 3.63) is 43.2 Å². The number of nitrogens with zero attached hydrogens (tertiary/aromatic N) is 2. The number of ether oxygens (including phenoxy) is 2. The third-order valence-corrected chi connectivity index (χ3v) is 3.20. The van der Waals surface area contributed by atoms with E-state index in [0.717, 1.165) is 16.8 Å². The van der Waals surface area contributed by atoms with E-state index in [2.05, 4.69) is 0 Å². The fourth-order valence-electron chi connectivity index (χ4n) is 2.19. The number of nitrogens with one attached hydrogen (secondary N) is 1. The second kappa shape index (κ2) is 6.79. The zero-order valence-electron chi connectivity index (χ0n) is 11.3. The Hall–Kier alpha value is -2.08. The van der Waals surface area contributed by atoms with Crippen LogP contribution < -0.4 is 11.2 Å². The summed E-state index contributed by atoms with van der Waals surface area (Å²) in [6.07, 6.45) is -3.36. The average Bonchev–Trinajstić information content (AvgIpc) is 2.76. The molecule has 0 saturated carbocycles. The van der Waals surface area contributed by atoms with E-state index in [4.69, 9.17) is 9.47 Å². The standard InChI is InChI=1S/C11H15N3O8/c15-5-6-9(21-4-3-14(19)20)8(17)10(22-6)13-2-1-7(16)12-11(13)18/h1-2,6,8-10,15,17H,3-5H2,(H,12,16,18)/t6-,8?,9+,10-/m1/s1. The molecule has 2 heterocycles. The van der Waals surface area contributed by atoms with Gasteiger partial charge in [0.1, 0.15) is 24.9 Å². The lowest BCUT2D eigenvalue weighted by Gasteiger charge is -2.19. The quantitative estimate of drug-likeness (QED) is 0.382.